The van der Waals surface area contributed by atoms with Gasteiger partial charge < -0.3 is 0 Å². The normalized spacial score (nSPS) is 14.4. The van der Waals surface area contributed by atoms with Crippen molar-refractivity contribution >= 4 is 25.8 Å². The summed E-state index contributed by atoms with van der Waals surface area (Å²) in [6, 6.07) is 7.29. The van der Waals surface area contributed by atoms with Gasteiger partial charge >= 0.3 is 0 Å². The Balaban J connectivity index is 2.83. The summed E-state index contributed by atoms with van der Waals surface area (Å²) in [5.74, 6) is 0.218. The molecule has 0 radical (unpaired) electrons. The van der Waals surface area contributed by atoms with Crippen molar-refractivity contribution in [2.24, 2.45) is 5.41 Å². The average molecular weight is 347 g/mol. The van der Waals surface area contributed by atoms with Crippen LogP contribution in [0.4, 0.5) is 0 Å². The third-order valence-electron chi connectivity index (χ3n) is 3.11. The summed E-state index contributed by atoms with van der Waals surface area (Å²) in [7, 11) is -3.10. The molecule has 4 heteroatoms. The first kappa shape index (κ1) is 16.7. The fraction of sp³-hybridized carbons (Fsp3) is 0.600. The maximum Gasteiger partial charge on any atom is 0.178 e. The molecule has 1 atom stereocenters. The Kier molecular flexibility index (Phi) is 5.63. The van der Waals surface area contributed by atoms with Crippen molar-refractivity contribution in [1.82, 2.24) is 0 Å². The SMILES string of the molecule is CCCS(=O)(=O)c1ccc(CC(Br)C(C)(C)C)cc1. The van der Waals surface area contributed by atoms with Gasteiger partial charge in [0, 0.05) is 4.83 Å². The van der Waals surface area contributed by atoms with Crippen molar-refractivity contribution < 1.29 is 8.42 Å². The van der Waals surface area contributed by atoms with Gasteiger partial charge in [-0.2, -0.15) is 0 Å². The van der Waals surface area contributed by atoms with E-state index < -0.39 is 9.84 Å². The third kappa shape index (κ3) is 4.92. The number of halogens is 1. The topological polar surface area (TPSA) is 34.1 Å². The first-order valence-corrected chi connectivity index (χ1v) is 9.19. The number of alkyl halides is 1. The Morgan fingerprint density at radius 1 is 1.16 bits per heavy atom. The molecular weight excluding hydrogens is 324 g/mol. The van der Waals surface area contributed by atoms with Gasteiger partial charge in [0.05, 0.1) is 10.6 Å². The van der Waals surface area contributed by atoms with Crippen LogP contribution in [0.5, 0.6) is 0 Å². The van der Waals surface area contributed by atoms with E-state index in [1.54, 1.807) is 12.1 Å². The number of benzene rings is 1. The molecule has 0 N–H and O–H groups in total. The van der Waals surface area contributed by atoms with Crippen LogP contribution in [-0.4, -0.2) is 19.0 Å². The molecule has 0 heterocycles. The van der Waals surface area contributed by atoms with Crippen LogP contribution in [0.15, 0.2) is 29.2 Å². The number of hydrogen-bond acceptors (Lipinski definition) is 2. The zero-order chi connectivity index (χ0) is 14.7. The lowest BCUT2D eigenvalue weighted by molar-refractivity contribution is 0.398. The molecule has 0 saturated heterocycles. The molecule has 108 valence electrons. The van der Waals surface area contributed by atoms with E-state index in [2.05, 4.69) is 36.7 Å². The highest BCUT2D eigenvalue weighted by Crippen LogP contribution is 2.29. The molecule has 0 amide bonds. The highest BCUT2D eigenvalue weighted by molar-refractivity contribution is 9.09. The van der Waals surface area contributed by atoms with E-state index in [0.717, 1.165) is 12.0 Å². The van der Waals surface area contributed by atoms with E-state index >= 15 is 0 Å². The quantitative estimate of drug-likeness (QED) is 0.748. The molecule has 0 aliphatic carbocycles. The van der Waals surface area contributed by atoms with Gasteiger partial charge in [-0.25, -0.2) is 8.42 Å². The van der Waals surface area contributed by atoms with Crippen LogP contribution in [0, 0.1) is 5.41 Å². The van der Waals surface area contributed by atoms with Crippen molar-refractivity contribution in [3.63, 3.8) is 0 Å². The lowest BCUT2D eigenvalue weighted by Crippen LogP contribution is -2.22. The second kappa shape index (κ2) is 6.40. The summed E-state index contributed by atoms with van der Waals surface area (Å²) in [6.45, 7) is 8.44. The summed E-state index contributed by atoms with van der Waals surface area (Å²) in [5.41, 5.74) is 1.35. The highest BCUT2D eigenvalue weighted by Gasteiger charge is 2.22. The average Bonchev–Trinajstić information content (AvgIpc) is 2.28. The number of rotatable bonds is 5. The van der Waals surface area contributed by atoms with Crippen molar-refractivity contribution in [3.05, 3.63) is 29.8 Å². The summed E-state index contributed by atoms with van der Waals surface area (Å²) in [4.78, 5) is 0.804. The van der Waals surface area contributed by atoms with Crippen LogP contribution in [0.3, 0.4) is 0 Å². The largest absolute Gasteiger partial charge is 0.224 e. The van der Waals surface area contributed by atoms with Crippen LogP contribution >= 0.6 is 15.9 Å². The molecule has 0 spiro atoms. The van der Waals surface area contributed by atoms with Gasteiger partial charge in [-0.15, -0.1) is 0 Å². The summed E-state index contributed by atoms with van der Waals surface area (Å²) in [5, 5.41) is 0. The van der Waals surface area contributed by atoms with Crippen molar-refractivity contribution in [2.75, 3.05) is 5.75 Å². The van der Waals surface area contributed by atoms with Crippen LogP contribution in [0.25, 0.3) is 0 Å². The Hall–Kier alpha value is -0.350. The predicted octanol–water partition coefficient (Wildman–Crippen LogP) is 4.22. The summed E-state index contributed by atoms with van der Waals surface area (Å²) >= 11 is 3.70. The molecular formula is C15H23BrO2S. The van der Waals surface area contributed by atoms with Gasteiger partial charge in [0.15, 0.2) is 9.84 Å². The van der Waals surface area contributed by atoms with Crippen LogP contribution in [-0.2, 0) is 16.3 Å². The molecule has 0 aromatic heterocycles. The number of sulfone groups is 1. The summed E-state index contributed by atoms with van der Waals surface area (Å²) in [6.07, 6.45) is 1.55. The molecule has 0 fully saturated rings. The molecule has 1 rings (SSSR count). The summed E-state index contributed by atoms with van der Waals surface area (Å²) < 4.78 is 23.8. The molecule has 1 unspecified atom stereocenters. The Morgan fingerprint density at radius 2 is 1.68 bits per heavy atom. The van der Waals surface area contributed by atoms with Gasteiger partial charge in [-0.3, -0.25) is 0 Å². The van der Waals surface area contributed by atoms with E-state index in [9.17, 15) is 8.42 Å². The Bertz CT molecular complexity index is 498. The minimum absolute atomic E-state index is 0.187. The molecule has 0 saturated carbocycles. The zero-order valence-corrected chi connectivity index (χ0v) is 14.5. The van der Waals surface area contributed by atoms with Crippen LogP contribution < -0.4 is 0 Å². The number of hydrogen-bond donors (Lipinski definition) is 0. The highest BCUT2D eigenvalue weighted by atomic mass is 79.9. The second-order valence-electron chi connectivity index (χ2n) is 6.00. The van der Waals surface area contributed by atoms with E-state index in [-0.39, 0.29) is 11.2 Å². The maximum absolute atomic E-state index is 11.9. The van der Waals surface area contributed by atoms with Gasteiger partial charge in [-0.05, 0) is 36.0 Å². The molecule has 1 aromatic carbocycles. The predicted molar refractivity (Wildman–Crippen MR) is 84.7 cm³/mol. The van der Waals surface area contributed by atoms with E-state index in [0.29, 0.717) is 16.1 Å². The lowest BCUT2D eigenvalue weighted by atomic mass is 9.88. The standard InChI is InChI=1S/C15H23BrO2S/c1-5-10-19(17,18)13-8-6-12(7-9-13)11-14(16)15(2,3)4/h6-9,14H,5,10-11H2,1-4H3. The Morgan fingerprint density at radius 3 is 2.11 bits per heavy atom. The first-order chi connectivity index (χ1) is 8.66. The minimum Gasteiger partial charge on any atom is -0.224 e. The molecule has 2 nitrogen and oxygen atoms in total. The fourth-order valence-electron chi connectivity index (χ4n) is 1.73. The Labute approximate surface area is 125 Å². The molecule has 0 aliphatic heterocycles. The van der Waals surface area contributed by atoms with Crippen molar-refractivity contribution in [2.45, 2.75) is 50.3 Å². The van der Waals surface area contributed by atoms with Gasteiger partial charge in [0.1, 0.15) is 0 Å². The fourth-order valence-corrected chi connectivity index (χ4v) is 3.43. The van der Waals surface area contributed by atoms with Crippen molar-refractivity contribution in [1.29, 1.82) is 0 Å². The second-order valence-corrected chi connectivity index (χ2v) is 9.21. The van der Waals surface area contributed by atoms with Gasteiger partial charge in [0.2, 0.25) is 0 Å². The third-order valence-corrected chi connectivity index (χ3v) is 6.74. The molecule has 0 aliphatic rings. The molecule has 19 heavy (non-hydrogen) atoms. The van der Waals surface area contributed by atoms with E-state index in [1.807, 2.05) is 19.1 Å². The maximum atomic E-state index is 11.9. The van der Waals surface area contributed by atoms with Gasteiger partial charge in [0.25, 0.3) is 0 Å². The van der Waals surface area contributed by atoms with Crippen LogP contribution in [0.2, 0.25) is 0 Å². The minimum atomic E-state index is -3.10. The monoisotopic (exact) mass is 346 g/mol. The van der Waals surface area contributed by atoms with Crippen molar-refractivity contribution in [3.8, 4) is 0 Å². The van der Waals surface area contributed by atoms with E-state index in [4.69, 9.17) is 0 Å². The van der Waals surface area contributed by atoms with Crippen LogP contribution in [0.1, 0.15) is 39.7 Å². The molecule has 1 aromatic rings. The lowest BCUT2D eigenvalue weighted by Gasteiger charge is -2.25. The molecule has 0 bridgehead atoms. The first-order valence-electron chi connectivity index (χ1n) is 6.62. The zero-order valence-electron chi connectivity index (χ0n) is 12.1. The van der Waals surface area contributed by atoms with E-state index in [1.165, 1.54) is 0 Å². The van der Waals surface area contributed by atoms with Gasteiger partial charge in [-0.1, -0.05) is 55.8 Å². The smallest absolute Gasteiger partial charge is 0.178 e.